The average molecular weight is 777 g/mol. The quantitative estimate of drug-likeness (QED) is 0.210. The third-order valence-electron chi connectivity index (χ3n) is 11.6. The van der Waals surface area contributed by atoms with Gasteiger partial charge in [-0.1, -0.05) is 97.7 Å². The molecule has 0 bridgehead atoms. The molecular weight excluding hydrogens is 721 g/mol. The summed E-state index contributed by atoms with van der Waals surface area (Å²) in [6, 6.07) is 15.3. The van der Waals surface area contributed by atoms with Gasteiger partial charge in [-0.3, -0.25) is 37.0 Å². The number of fused-ring (bicyclic) bond motifs is 2. The summed E-state index contributed by atoms with van der Waals surface area (Å²) in [5.41, 5.74) is 6.21. The van der Waals surface area contributed by atoms with Crippen molar-refractivity contribution in [3.63, 3.8) is 0 Å². The molecule has 2 fully saturated rings. The summed E-state index contributed by atoms with van der Waals surface area (Å²) < 4.78 is 9.10. The van der Waals surface area contributed by atoms with E-state index in [1.54, 1.807) is 14.1 Å². The van der Waals surface area contributed by atoms with Crippen molar-refractivity contribution in [3.05, 3.63) is 112 Å². The van der Waals surface area contributed by atoms with Crippen LogP contribution in [0.2, 0.25) is 0 Å². The molecule has 0 amide bonds. The fraction of sp³-hybridized carbons (Fsp3) is 0.488. The molecule has 14 heteroatoms. The lowest BCUT2D eigenvalue weighted by Crippen LogP contribution is -2.37. The van der Waals surface area contributed by atoms with Gasteiger partial charge in [0.05, 0.1) is 13.1 Å². The van der Waals surface area contributed by atoms with Crippen LogP contribution in [0.5, 0.6) is 0 Å². The van der Waals surface area contributed by atoms with Crippen LogP contribution in [0.4, 0.5) is 11.9 Å². The minimum atomic E-state index is -0.359. The maximum absolute atomic E-state index is 13.0. The van der Waals surface area contributed by atoms with E-state index in [4.69, 9.17) is 4.98 Å². The summed E-state index contributed by atoms with van der Waals surface area (Å²) >= 11 is 0. The molecule has 4 heterocycles. The highest BCUT2D eigenvalue weighted by atomic mass is 16.2. The van der Waals surface area contributed by atoms with Crippen molar-refractivity contribution in [3.8, 4) is 0 Å². The van der Waals surface area contributed by atoms with E-state index >= 15 is 0 Å². The molecule has 2 N–H and O–H groups in total. The van der Waals surface area contributed by atoms with Crippen LogP contribution in [0, 0.1) is 20.8 Å². The number of aryl methyl sites for hydroxylation is 5. The Labute approximate surface area is 331 Å². The van der Waals surface area contributed by atoms with Gasteiger partial charge in [-0.05, 0) is 57.6 Å². The van der Waals surface area contributed by atoms with E-state index in [1.165, 1.54) is 78.4 Å². The zero-order valence-electron chi connectivity index (χ0n) is 34.4. The van der Waals surface area contributed by atoms with E-state index in [1.807, 2.05) is 15.2 Å². The zero-order valence-corrected chi connectivity index (χ0v) is 34.4. The fourth-order valence-electron chi connectivity index (χ4n) is 8.62. The minimum absolute atomic E-state index is 0.309. The van der Waals surface area contributed by atoms with E-state index in [0.29, 0.717) is 59.4 Å². The van der Waals surface area contributed by atoms with Crippen LogP contribution in [-0.4, -0.2) is 49.5 Å². The van der Waals surface area contributed by atoms with E-state index in [9.17, 15) is 19.2 Å². The number of benzene rings is 2. The number of nitrogens with zero attached hydrogens (tertiary/aromatic N) is 8. The Morgan fingerprint density at radius 3 is 1.40 bits per heavy atom. The maximum atomic E-state index is 13.0. The molecular formula is C43H56N10O4. The van der Waals surface area contributed by atoms with Crippen molar-refractivity contribution in [1.29, 1.82) is 0 Å². The van der Waals surface area contributed by atoms with Gasteiger partial charge in [0.1, 0.15) is 0 Å². The molecule has 57 heavy (non-hydrogen) atoms. The number of rotatable bonds is 8. The van der Waals surface area contributed by atoms with Gasteiger partial charge >= 0.3 is 11.4 Å². The van der Waals surface area contributed by atoms with Crippen LogP contribution in [0.3, 0.4) is 0 Å². The first-order valence-electron chi connectivity index (χ1n) is 20.3. The average Bonchev–Trinajstić information content (AvgIpc) is 3.72. The summed E-state index contributed by atoms with van der Waals surface area (Å²) in [7, 11) is 6.37. The Balaban J connectivity index is 0.000000174. The molecule has 0 aliphatic heterocycles. The third kappa shape index (κ3) is 8.12. The molecule has 2 aromatic carbocycles. The number of anilines is 2. The Morgan fingerprint density at radius 2 is 0.965 bits per heavy atom. The van der Waals surface area contributed by atoms with Crippen LogP contribution < -0.4 is 33.1 Å². The van der Waals surface area contributed by atoms with Crippen molar-refractivity contribution in [2.75, 3.05) is 10.6 Å². The second-order valence-corrected chi connectivity index (χ2v) is 16.2. The van der Waals surface area contributed by atoms with E-state index < -0.39 is 0 Å². The summed E-state index contributed by atoms with van der Waals surface area (Å²) in [4.78, 5) is 60.2. The van der Waals surface area contributed by atoms with Gasteiger partial charge in [0, 0.05) is 40.3 Å². The van der Waals surface area contributed by atoms with Crippen LogP contribution in [-0.2, 0) is 41.3 Å². The second-order valence-electron chi connectivity index (χ2n) is 16.2. The predicted molar refractivity (Wildman–Crippen MR) is 227 cm³/mol. The van der Waals surface area contributed by atoms with Crippen LogP contribution in [0.25, 0.3) is 22.3 Å². The number of imidazole rings is 2. The number of hydrogen-bond donors (Lipinski definition) is 2. The molecule has 14 nitrogen and oxygen atoms in total. The highest BCUT2D eigenvalue weighted by molar-refractivity contribution is 5.75. The Kier molecular flexibility index (Phi) is 11.4. The Hall–Kier alpha value is -5.66. The lowest BCUT2D eigenvalue weighted by Gasteiger charge is -2.23. The van der Waals surface area contributed by atoms with Gasteiger partial charge < -0.3 is 10.6 Å². The highest BCUT2D eigenvalue weighted by Gasteiger charge is 2.24. The SMILES string of the molecule is Cc1cc(C)cc(Cn2c(NC3CCCCC3)nc3c2c(=O)n(C)c(=O)n3C)c1.Cc1cccc(Cn2c(NC3CCCCC3)nc3c2c(=O)n(C)c(=O)n3C)c1. The maximum Gasteiger partial charge on any atom is 0.332 e. The smallest absolute Gasteiger partial charge is 0.332 e. The summed E-state index contributed by atoms with van der Waals surface area (Å²) in [5, 5.41) is 7.13. The normalized spacial score (nSPS) is 15.2. The summed E-state index contributed by atoms with van der Waals surface area (Å²) in [5.74, 6) is 1.34. The van der Waals surface area contributed by atoms with E-state index in [0.717, 1.165) is 45.9 Å². The number of hydrogen-bond acceptors (Lipinski definition) is 8. The van der Waals surface area contributed by atoms with Crippen LogP contribution in [0.1, 0.15) is 92.0 Å². The molecule has 6 aromatic rings. The zero-order chi connectivity index (χ0) is 40.5. The third-order valence-corrected chi connectivity index (χ3v) is 11.6. The van der Waals surface area contributed by atoms with E-state index in [-0.39, 0.29) is 22.5 Å². The Morgan fingerprint density at radius 1 is 0.544 bits per heavy atom. The van der Waals surface area contributed by atoms with Crippen molar-refractivity contribution in [2.45, 2.75) is 110 Å². The largest absolute Gasteiger partial charge is 0.353 e. The van der Waals surface area contributed by atoms with E-state index in [2.05, 4.69) is 72.8 Å². The second kappa shape index (κ2) is 16.4. The van der Waals surface area contributed by atoms with Gasteiger partial charge in [-0.2, -0.15) is 9.97 Å². The van der Waals surface area contributed by atoms with Gasteiger partial charge in [0.15, 0.2) is 22.3 Å². The van der Waals surface area contributed by atoms with Gasteiger partial charge in [-0.15, -0.1) is 0 Å². The van der Waals surface area contributed by atoms with Gasteiger partial charge in [0.2, 0.25) is 11.9 Å². The minimum Gasteiger partial charge on any atom is -0.353 e. The van der Waals surface area contributed by atoms with Crippen molar-refractivity contribution < 1.29 is 0 Å². The molecule has 0 spiro atoms. The number of nitrogens with one attached hydrogen (secondary N) is 2. The van der Waals surface area contributed by atoms with Crippen molar-refractivity contribution in [2.24, 2.45) is 28.2 Å². The molecule has 0 unspecified atom stereocenters. The summed E-state index contributed by atoms with van der Waals surface area (Å²) in [6.45, 7) is 7.26. The molecule has 4 aromatic heterocycles. The molecule has 2 saturated carbocycles. The monoisotopic (exact) mass is 776 g/mol. The summed E-state index contributed by atoms with van der Waals surface area (Å²) in [6.07, 6.45) is 11.8. The molecule has 0 saturated heterocycles. The first-order valence-corrected chi connectivity index (χ1v) is 20.3. The predicted octanol–water partition coefficient (Wildman–Crippen LogP) is 5.38. The number of aromatic nitrogens is 8. The lowest BCUT2D eigenvalue weighted by atomic mass is 9.96. The van der Waals surface area contributed by atoms with Gasteiger partial charge in [0.25, 0.3) is 11.1 Å². The fourth-order valence-corrected chi connectivity index (χ4v) is 8.62. The van der Waals surface area contributed by atoms with Gasteiger partial charge in [-0.25, -0.2) is 9.59 Å². The standard InChI is InChI=1S/C22H29N5O2.C21H27N5O2/c1-14-10-15(2)12-16(11-14)13-27-18-19(25(3)22(29)26(4)20(18)28)24-21(27)23-17-8-6-5-7-9-17;1-14-8-7-9-15(12-14)13-26-17-18(24(2)21(28)25(3)19(17)27)23-20(26)22-16-10-5-4-6-11-16/h10-12,17H,5-9,13H2,1-4H3,(H,23,24);7-9,12,16H,4-6,10-11,13H2,1-3H3,(H,22,23). The topological polar surface area (TPSA) is 148 Å². The van der Waals surface area contributed by atoms with Crippen LogP contribution >= 0.6 is 0 Å². The van der Waals surface area contributed by atoms with Crippen molar-refractivity contribution in [1.82, 2.24) is 37.4 Å². The molecule has 8 rings (SSSR count). The molecule has 2 aliphatic carbocycles. The Bertz CT molecular complexity index is 2660. The highest BCUT2D eigenvalue weighted by Crippen LogP contribution is 2.26. The molecule has 2 aliphatic rings. The molecule has 0 atom stereocenters. The lowest BCUT2D eigenvalue weighted by molar-refractivity contribution is 0.459. The van der Waals surface area contributed by atoms with Crippen LogP contribution in [0.15, 0.2) is 61.6 Å². The van der Waals surface area contributed by atoms with Crippen molar-refractivity contribution >= 4 is 34.2 Å². The first-order chi connectivity index (χ1) is 27.3. The molecule has 302 valence electrons. The first kappa shape index (κ1) is 39.6. The molecule has 0 radical (unpaired) electrons.